The number of rotatable bonds is 5. The summed E-state index contributed by atoms with van der Waals surface area (Å²) in [6.45, 7) is 2.18. The highest BCUT2D eigenvalue weighted by Gasteiger charge is 2.13. The summed E-state index contributed by atoms with van der Waals surface area (Å²) in [5.41, 5.74) is 0.893. The van der Waals surface area contributed by atoms with Crippen molar-refractivity contribution in [3.63, 3.8) is 0 Å². The number of allylic oxidation sites excluding steroid dienone is 3. The van der Waals surface area contributed by atoms with Crippen LogP contribution >= 0.6 is 11.3 Å². The number of esters is 1. The molecule has 0 fully saturated rings. The van der Waals surface area contributed by atoms with Gasteiger partial charge in [-0.15, -0.1) is 11.3 Å². The Kier molecular flexibility index (Phi) is 4.84. The predicted octanol–water partition coefficient (Wildman–Crippen LogP) is 2.83. The Morgan fingerprint density at radius 1 is 1.45 bits per heavy atom. The van der Waals surface area contributed by atoms with E-state index in [1.54, 1.807) is 17.0 Å². The summed E-state index contributed by atoms with van der Waals surface area (Å²) in [6, 6.07) is 0. The van der Waals surface area contributed by atoms with Crippen LogP contribution in [0.2, 0.25) is 0 Å². The SMILES string of the molecule is C/C=C/C=C/COC(=O)c1cnc(-c2cnn(C)c2)s1. The van der Waals surface area contributed by atoms with Crippen LogP contribution in [-0.4, -0.2) is 27.3 Å². The van der Waals surface area contributed by atoms with E-state index in [-0.39, 0.29) is 12.6 Å². The van der Waals surface area contributed by atoms with Crippen molar-refractivity contribution in [1.29, 1.82) is 0 Å². The minimum Gasteiger partial charge on any atom is -0.457 e. The molecule has 0 bridgehead atoms. The van der Waals surface area contributed by atoms with Gasteiger partial charge in [-0.05, 0) is 13.0 Å². The maximum Gasteiger partial charge on any atom is 0.350 e. The molecule has 0 amide bonds. The Balaban J connectivity index is 1.96. The Morgan fingerprint density at radius 3 is 3.00 bits per heavy atom. The Morgan fingerprint density at radius 2 is 2.30 bits per heavy atom. The number of aryl methyl sites for hydroxylation is 1. The number of ether oxygens (including phenoxy) is 1. The molecule has 0 spiro atoms. The lowest BCUT2D eigenvalue weighted by molar-refractivity contribution is 0.0555. The Bertz CT molecular complexity index is 640. The Labute approximate surface area is 121 Å². The highest BCUT2D eigenvalue weighted by atomic mass is 32.1. The van der Waals surface area contributed by atoms with Crippen LogP contribution in [0.25, 0.3) is 10.6 Å². The van der Waals surface area contributed by atoms with Crippen molar-refractivity contribution < 1.29 is 9.53 Å². The van der Waals surface area contributed by atoms with Crippen molar-refractivity contribution >= 4 is 17.3 Å². The minimum atomic E-state index is -0.359. The van der Waals surface area contributed by atoms with E-state index in [2.05, 4.69) is 10.1 Å². The molecule has 6 heteroatoms. The van der Waals surface area contributed by atoms with Crippen molar-refractivity contribution in [1.82, 2.24) is 14.8 Å². The van der Waals surface area contributed by atoms with E-state index in [4.69, 9.17) is 4.74 Å². The van der Waals surface area contributed by atoms with Gasteiger partial charge in [0.1, 0.15) is 16.5 Å². The first-order valence-corrected chi connectivity index (χ1v) is 6.92. The van der Waals surface area contributed by atoms with Crippen LogP contribution in [-0.2, 0) is 11.8 Å². The maximum absolute atomic E-state index is 11.8. The fourth-order valence-corrected chi connectivity index (χ4v) is 2.26. The first kappa shape index (κ1) is 14.2. The summed E-state index contributed by atoms with van der Waals surface area (Å²) >= 11 is 1.30. The van der Waals surface area contributed by atoms with Crippen LogP contribution in [0.3, 0.4) is 0 Å². The predicted molar refractivity (Wildman–Crippen MR) is 78.6 cm³/mol. The molecule has 0 aliphatic heterocycles. The lowest BCUT2D eigenvalue weighted by Gasteiger charge is -1.97. The lowest BCUT2D eigenvalue weighted by atomic mass is 10.4. The fourth-order valence-electron chi connectivity index (χ4n) is 1.47. The summed E-state index contributed by atoms with van der Waals surface area (Å²) in [6.07, 6.45) is 12.5. The van der Waals surface area contributed by atoms with E-state index >= 15 is 0 Å². The third-order valence-corrected chi connectivity index (χ3v) is 3.44. The monoisotopic (exact) mass is 289 g/mol. The molecular weight excluding hydrogens is 274 g/mol. The number of carbonyl (C=O) groups excluding carboxylic acids is 1. The molecule has 0 N–H and O–H groups in total. The zero-order chi connectivity index (χ0) is 14.4. The largest absolute Gasteiger partial charge is 0.457 e. The molecule has 2 rings (SSSR count). The third kappa shape index (κ3) is 3.64. The average molecular weight is 289 g/mol. The van der Waals surface area contributed by atoms with Gasteiger partial charge >= 0.3 is 5.97 Å². The molecule has 0 radical (unpaired) electrons. The van der Waals surface area contributed by atoms with E-state index < -0.39 is 0 Å². The summed E-state index contributed by atoms with van der Waals surface area (Å²) in [7, 11) is 1.84. The number of hydrogen-bond donors (Lipinski definition) is 0. The molecule has 104 valence electrons. The molecule has 0 atom stereocenters. The van der Waals surface area contributed by atoms with Gasteiger partial charge in [0.25, 0.3) is 0 Å². The zero-order valence-electron chi connectivity index (χ0n) is 11.3. The molecule has 0 aliphatic carbocycles. The number of thiazole rings is 1. The van der Waals surface area contributed by atoms with Crippen molar-refractivity contribution in [2.45, 2.75) is 6.92 Å². The van der Waals surface area contributed by atoms with Gasteiger partial charge in [0.2, 0.25) is 0 Å². The second-order valence-electron chi connectivity index (χ2n) is 3.98. The molecule has 0 unspecified atom stereocenters. The molecule has 2 heterocycles. The van der Waals surface area contributed by atoms with E-state index in [1.807, 2.05) is 38.4 Å². The van der Waals surface area contributed by atoms with Gasteiger partial charge in [-0.25, -0.2) is 9.78 Å². The van der Waals surface area contributed by atoms with Gasteiger partial charge in [-0.1, -0.05) is 18.2 Å². The molecule has 2 aromatic rings. The maximum atomic E-state index is 11.8. The fraction of sp³-hybridized carbons (Fsp3) is 0.214. The summed E-state index contributed by atoms with van der Waals surface area (Å²) in [5, 5.41) is 4.84. The highest BCUT2D eigenvalue weighted by Crippen LogP contribution is 2.24. The van der Waals surface area contributed by atoms with E-state index in [9.17, 15) is 4.79 Å². The van der Waals surface area contributed by atoms with Gasteiger partial charge < -0.3 is 4.74 Å². The average Bonchev–Trinajstić information content (AvgIpc) is 3.06. The van der Waals surface area contributed by atoms with Crippen LogP contribution in [0.1, 0.15) is 16.6 Å². The van der Waals surface area contributed by atoms with E-state index in [1.165, 1.54) is 17.5 Å². The second kappa shape index (κ2) is 6.81. The van der Waals surface area contributed by atoms with Crippen molar-refractivity contribution in [2.24, 2.45) is 7.05 Å². The molecule has 0 saturated heterocycles. The second-order valence-corrected chi connectivity index (χ2v) is 5.02. The number of carbonyl (C=O) groups is 1. The van der Waals surface area contributed by atoms with Crippen LogP contribution < -0.4 is 0 Å². The first-order chi connectivity index (χ1) is 9.70. The number of aromatic nitrogens is 3. The van der Waals surface area contributed by atoms with Crippen molar-refractivity contribution in [3.05, 3.63) is 47.8 Å². The van der Waals surface area contributed by atoms with Gasteiger partial charge in [0.05, 0.1) is 12.4 Å². The van der Waals surface area contributed by atoms with Crippen LogP contribution in [0, 0.1) is 0 Å². The topological polar surface area (TPSA) is 57.0 Å². The van der Waals surface area contributed by atoms with Crippen LogP contribution in [0.4, 0.5) is 0 Å². The highest BCUT2D eigenvalue weighted by molar-refractivity contribution is 7.16. The van der Waals surface area contributed by atoms with Gasteiger partial charge in [-0.3, -0.25) is 4.68 Å². The van der Waals surface area contributed by atoms with E-state index in [0.717, 1.165) is 10.6 Å². The quantitative estimate of drug-likeness (QED) is 0.627. The molecule has 5 nitrogen and oxygen atoms in total. The third-order valence-electron chi connectivity index (χ3n) is 2.41. The Hall–Kier alpha value is -2.21. The summed E-state index contributed by atoms with van der Waals surface area (Å²) < 4.78 is 6.81. The van der Waals surface area contributed by atoms with Crippen molar-refractivity contribution in [3.8, 4) is 10.6 Å². The number of hydrogen-bond acceptors (Lipinski definition) is 5. The smallest absolute Gasteiger partial charge is 0.350 e. The molecule has 0 aliphatic rings. The molecule has 0 saturated carbocycles. The standard InChI is InChI=1S/C14H15N3O2S/c1-3-4-5-6-7-19-14(18)12-9-15-13(20-12)11-8-16-17(2)10-11/h3-6,8-10H,7H2,1-2H3/b4-3+,6-5+. The zero-order valence-corrected chi connectivity index (χ0v) is 12.1. The number of nitrogens with zero attached hydrogens (tertiary/aromatic N) is 3. The molecule has 2 aromatic heterocycles. The minimum absolute atomic E-state index is 0.253. The van der Waals surface area contributed by atoms with Crippen LogP contribution in [0.15, 0.2) is 42.9 Å². The molecular formula is C14H15N3O2S. The summed E-state index contributed by atoms with van der Waals surface area (Å²) in [4.78, 5) is 16.5. The normalized spacial score (nSPS) is 11.5. The van der Waals surface area contributed by atoms with Gasteiger partial charge in [0, 0.05) is 18.8 Å². The first-order valence-electron chi connectivity index (χ1n) is 6.10. The molecule has 20 heavy (non-hydrogen) atoms. The van der Waals surface area contributed by atoms with Crippen LogP contribution in [0.5, 0.6) is 0 Å². The van der Waals surface area contributed by atoms with Gasteiger partial charge in [-0.2, -0.15) is 5.10 Å². The van der Waals surface area contributed by atoms with Crippen molar-refractivity contribution in [2.75, 3.05) is 6.61 Å². The molecule has 0 aromatic carbocycles. The lowest BCUT2D eigenvalue weighted by Crippen LogP contribution is -2.02. The van der Waals surface area contributed by atoms with Gasteiger partial charge in [0.15, 0.2) is 0 Å². The summed E-state index contributed by atoms with van der Waals surface area (Å²) in [5.74, 6) is -0.359. The van der Waals surface area contributed by atoms with E-state index in [0.29, 0.717) is 4.88 Å².